The Hall–Kier alpha value is -2.36. The highest BCUT2D eigenvalue weighted by Gasteiger charge is 2.06. The lowest BCUT2D eigenvalue weighted by Crippen LogP contribution is -2.10. The van der Waals surface area contributed by atoms with Crippen LogP contribution in [0.5, 0.6) is 5.75 Å². The van der Waals surface area contributed by atoms with E-state index >= 15 is 0 Å². The van der Waals surface area contributed by atoms with Crippen molar-refractivity contribution in [1.82, 2.24) is 4.98 Å². The highest BCUT2D eigenvalue weighted by molar-refractivity contribution is 5.93. The Labute approximate surface area is 105 Å². The lowest BCUT2D eigenvalue weighted by atomic mass is 10.1. The third-order valence-electron chi connectivity index (χ3n) is 2.74. The number of aromatic nitrogens is 1. The van der Waals surface area contributed by atoms with Crippen LogP contribution in [0.3, 0.4) is 0 Å². The van der Waals surface area contributed by atoms with E-state index in [1.54, 1.807) is 25.4 Å². The molecular formula is C14H14N2O2. The minimum atomic E-state index is -0.455. The van der Waals surface area contributed by atoms with Gasteiger partial charge in [-0.1, -0.05) is 0 Å². The first-order chi connectivity index (χ1) is 8.61. The number of nitrogens with zero attached hydrogens (tertiary/aromatic N) is 1. The van der Waals surface area contributed by atoms with Gasteiger partial charge < -0.3 is 10.5 Å². The SMILES string of the molecule is COc1ccc(-c2cc(C(N)=O)ccn2)cc1C. The van der Waals surface area contributed by atoms with Crippen LogP contribution < -0.4 is 10.5 Å². The molecule has 92 valence electrons. The molecule has 1 heterocycles. The number of rotatable bonds is 3. The highest BCUT2D eigenvalue weighted by atomic mass is 16.5. The van der Waals surface area contributed by atoms with E-state index in [0.29, 0.717) is 5.56 Å². The number of hydrogen-bond donors (Lipinski definition) is 1. The molecule has 4 heteroatoms. The number of aryl methyl sites for hydroxylation is 1. The molecule has 1 aromatic heterocycles. The number of amides is 1. The van der Waals surface area contributed by atoms with Gasteiger partial charge in [-0.15, -0.1) is 0 Å². The summed E-state index contributed by atoms with van der Waals surface area (Å²) in [5.41, 5.74) is 8.36. The molecule has 2 N–H and O–H groups in total. The molecular weight excluding hydrogens is 228 g/mol. The van der Waals surface area contributed by atoms with Crippen molar-refractivity contribution in [3.8, 4) is 17.0 Å². The van der Waals surface area contributed by atoms with E-state index in [1.807, 2.05) is 25.1 Å². The zero-order chi connectivity index (χ0) is 13.1. The number of ether oxygens (including phenoxy) is 1. The van der Waals surface area contributed by atoms with Crippen molar-refractivity contribution in [2.45, 2.75) is 6.92 Å². The topological polar surface area (TPSA) is 65.2 Å². The van der Waals surface area contributed by atoms with E-state index in [4.69, 9.17) is 10.5 Å². The van der Waals surface area contributed by atoms with Gasteiger partial charge in [-0.2, -0.15) is 0 Å². The molecule has 0 saturated carbocycles. The number of hydrogen-bond acceptors (Lipinski definition) is 3. The molecule has 0 aliphatic rings. The molecule has 0 atom stereocenters. The van der Waals surface area contributed by atoms with E-state index < -0.39 is 5.91 Å². The molecule has 0 fully saturated rings. The number of carbonyl (C=O) groups is 1. The molecule has 18 heavy (non-hydrogen) atoms. The largest absolute Gasteiger partial charge is 0.496 e. The van der Waals surface area contributed by atoms with Crippen LogP contribution in [0.2, 0.25) is 0 Å². The number of nitrogens with two attached hydrogens (primary N) is 1. The Morgan fingerprint density at radius 3 is 2.67 bits per heavy atom. The third kappa shape index (κ3) is 2.32. The summed E-state index contributed by atoms with van der Waals surface area (Å²) in [6, 6.07) is 9.03. The average molecular weight is 242 g/mol. The van der Waals surface area contributed by atoms with Crippen LogP contribution >= 0.6 is 0 Å². The second kappa shape index (κ2) is 4.87. The minimum absolute atomic E-state index is 0.452. The molecule has 0 aliphatic heterocycles. The number of carbonyl (C=O) groups excluding carboxylic acids is 1. The van der Waals surface area contributed by atoms with E-state index in [9.17, 15) is 4.79 Å². The van der Waals surface area contributed by atoms with Gasteiger partial charge in [-0.05, 0) is 42.8 Å². The Morgan fingerprint density at radius 2 is 2.06 bits per heavy atom. The predicted molar refractivity (Wildman–Crippen MR) is 69.5 cm³/mol. The Balaban J connectivity index is 2.45. The van der Waals surface area contributed by atoms with Crippen LogP contribution in [0.15, 0.2) is 36.5 Å². The normalized spacial score (nSPS) is 10.1. The molecule has 0 bridgehead atoms. The van der Waals surface area contributed by atoms with Crippen molar-refractivity contribution in [1.29, 1.82) is 0 Å². The molecule has 0 saturated heterocycles. The van der Waals surface area contributed by atoms with Gasteiger partial charge in [0, 0.05) is 17.3 Å². The molecule has 0 unspecified atom stereocenters. The molecule has 0 spiro atoms. The van der Waals surface area contributed by atoms with Gasteiger partial charge >= 0.3 is 0 Å². The standard InChI is InChI=1S/C14H14N2O2/c1-9-7-10(3-4-13(9)18-2)12-8-11(14(15)17)5-6-16-12/h3-8H,1-2H3,(H2,15,17). The van der Waals surface area contributed by atoms with Gasteiger partial charge in [0.1, 0.15) is 5.75 Å². The Kier molecular flexibility index (Phi) is 3.28. The Morgan fingerprint density at radius 1 is 1.28 bits per heavy atom. The van der Waals surface area contributed by atoms with Gasteiger partial charge in [0.05, 0.1) is 12.8 Å². The van der Waals surface area contributed by atoms with Gasteiger partial charge in [0.25, 0.3) is 0 Å². The average Bonchev–Trinajstić information content (AvgIpc) is 2.38. The zero-order valence-corrected chi connectivity index (χ0v) is 10.3. The van der Waals surface area contributed by atoms with Crippen molar-refractivity contribution in [3.63, 3.8) is 0 Å². The number of pyridine rings is 1. The molecule has 2 rings (SSSR count). The number of primary amides is 1. The summed E-state index contributed by atoms with van der Waals surface area (Å²) in [7, 11) is 1.63. The number of methoxy groups -OCH3 is 1. The summed E-state index contributed by atoms with van der Waals surface area (Å²) >= 11 is 0. The van der Waals surface area contributed by atoms with Crippen molar-refractivity contribution in [2.24, 2.45) is 5.73 Å². The summed E-state index contributed by atoms with van der Waals surface area (Å²) < 4.78 is 5.20. The minimum Gasteiger partial charge on any atom is -0.496 e. The first-order valence-electron chi connectivity index (χ1n) is 5.52. The van der Waals surface area contributed by atoms with Crippen LogP contribution in [0.25, 0.3) is 11.3 Å². The first-order valence-corrected chi connectivity index (χ1v) is 5.52. The van der Waals surface area contributed by atoms with Gasteiger partial charge in [-0.3, -0.25) is 9.78 Å². The Bertz CT molecular complexity index is 594. The number of benzene rings is 1. The maximum atomic E-state index is 11.1. The third-order valence-corrected chi connectivity index (χ3v) is 2.74. The van der Waals surface area contributed by atoms with E-state index in [0.717, 1.165) is 22.6 Å². The predicted octanol–water partition coefficient (Wildman–Crippen LogP) is 2.16. The van der Waals surface area contributed by atoms with E-state index in [2.05, 4.69) is 4.98 Å². The summed E-state index contributed by atoms with van der Waals surface area (Å²) in [4.78, 5) is 15.4. The van der Waals surface area contributed by atoms with Gasteiger partial charge in [0.15, 0.2) is 0 Å². The highest BCUT2D eigenvalue weighted by Crippen LogP contribution is 2.25. The van der Waals surface area contributed by atoms with Crippen molar-refractivity contribution < 1.29 is 9.53 Å². The summed E-state index contributed by atoms with van der Waals surface area (Å²) in [5.74, 6) is 0.369. The lowest BCUT2D eigenvalue weighted by Gasteiger charge is -2.07. The van der Waals surface area contributed by atoms with Crippen LogP contribution in [0.1, 0.15) is 15.9 Å². The van der Waals surface area contributed by atoms with Crippen LogP contribution in [0, 0.1) is 6.92 Å². The van der Waals surface area contributed by atoms with Gasteiger partial charge in [-0.25, -0.2) is 0 Å². The summed E-state index contributed by atoms with van der Waals surface area (Å²) in [6.45, 7) is 1.96. The second-order valence-corrected chi connectivity index (χ2v) is 3.98. The molecule has 2 aromatic rings. The smallest absolute Gasteiger partial charge is 0.248 e. The molecule has 1 amide bonds. The van der Waals surface area contributed by atoms with Crippen LogP contribution in [-0.2, 0) is 0 Å². The molecule has 0 aliphatic carbocycles. The zero-order valence-electron chi connectivity index (χ0n) is 10.3. The van der Waals surface area contributed by atoms with E-state index in [1.165, 1.54) is 0 Å². The monoisotopic (exact) mass is 242 g/mol. The van der Waals surface area contributed by atoms with E-state index in [-0.39, 0.29) is 0 Å². The lowest BCUT2D eigenvalue weighted by molar-refractivity contribution is 0.1000. The second-order valence-electron chi connectivity index (χ2n) is 3.98. The van der Waals surface area contributed by atoms with Crippen LogP contribution in [-0.4, -0.2) is 18.0 Å². The van der Waals surface area contributed by atoms with Gasteiger partial charge in [0.2, 0.25) is 5.91 Å². The molecule has 1 aromatic carbocycles. The maximum Gasteiger partial charge on any atom is 0.248 e. The van der Waals surface area contributed by atoms with Crippen molar-refractivity contribution in [3.05, 3.63) is 47.7 Å². The molecule has 0 radical (unpaired) electrons. The van der Waals surface area contributed by atoms with Crippen molar-refractivity contribution >= 4 is 5.91 Å². The van der Waals surface area contributed by atoms with Crippen LogP contribution in [0.4, 0.5) is 0 Å². The first kappa shape index (κ1) is 12.1. The maximum absolute atomic E-state index is 11.1. The fourth-order valence-electron chi connectivity index (χ4n) is 1.78. The fourth-order valence-corrected chi connectivity index (χ4v) is 1.78. The molecule has 4 nitrogen and oxygen atoms in total. The summed E-state index contributed by atoms with van der Waals surface area (Å²) in [5, 5.41) is 0. The van der Waals surface area contributed by atoms with Crippen molar-refractivity contribution in [2.75, 3.05) is 7.11 Å². The summed E-state index contributed by atoms with van der Waals surface area (Å²) in [6.07, 6.45) is 1.58. The fraction of sp³-hybridized carbons (Fsp3) is 0.143. The quantitative estimate of drug-likeness (QED) is 0.897.